The van der Waals surface area contributed by atoms with Crippen molar-refractivity contribution in [3.05, 3.63) is 0 Å². The molecule has 72 valence electrons. The van der Waals surface area contributed by atoms with Gasteiger partial charge in [0.05, 0.1) is 0 Å². The van der Waals surface area contributed by atoms with Crippen molar-refractivity contribution in [2.45, 2.75) is 6.42 Å². The molecule has 0 aromatic rings. The minimum Gasteiger partial charge on any atom is -0.380 e. The lowest BCUT2D eigenvalue weighted by Gasteiger charge is -1.96. The van der Waals surface area contributed by atoms with Crippen LogP contribution in [0, 0.1) is 0 Å². The smallest absolute Gasteiger partial charge is 0.380 e. The Balaban J connectivity index is 3.85. The van der Waals surface area contributed by atoms with E-state index in [0.717, 1.165) is 0 Å². The molecule has 0 heterocycles. The van der Waals surface area contributed by atoms with Gasteiger partial charge in [-0.15, -0.1) is 0 Å². The first kappa shape index (κ1) is 11.9. The first-order chi connectivity index (χ1) is 5.91. The zero-order valence-electron chi connectivity index (χ0n) is 5.91. The summed E-state index contributed by atoms with van der Waals surface area (Å²) in [6.45, 7) is 0. The molecular formula is C5H2Cl2O6. The highest BCUT2D eigenvalue weighted by Gasteiger charge is 2.16. The third kappa shape index (κ3) is 7.23. The topological polar surface area (TPSA) is 86.7 Å². The quantitative estimate of drug-likeness (QED) is 0.401. The monoisotopic (exact) mass is 228 g/mol. The van der Waals surface area contributed by atoms with Crippen molar-refractivity contribution in [1.82, 2.24) is 0 Å². The Labute approximate surface area is 81.7 Å². The zero-order chi connectivity index (χ0) is 10.4. The highest BCUT2D eigenvalue weighted by atomic mass is 35.5. The SMILES string of the molecule is O=C(Cl)OC(=O)CC(=O)OC(=O)Cl. The minimum absolute atomic E-state index is 0.920. The number of hydrogen-bond acceptors (Lipinski definition) is 6. The Morgan fingerprint density at radius 1 is 0.846 bits per heavy atom. The molecule has 0 aromatic carbocycles. The van der Waals surface area contributed by atoms with Crippen molar-refractivity contribution in [2.24, 2.45) is 0 Å². The molecule has 0 atom stereocenters. The summed E-state index contributed by atoms with van der Waals surface area (Å²) in [4.78, 5) is 40.8. The summed E-state index contributed by atoms with van der Waals surface area (Å²) in [6.07, 6.45) is -0.920. The van der Waals surface area contributed by atoms with E-state index in [0.29, 0.717) is 0 Å². The van der Waals surface area contributed by atoms with Gasteiger partial charge in [0.15, 0.2) is 0 Å². The third-order valence-corrected chi connectivity index (χ3v) is 0.831. The summed E-state index contributed by atoms with van der Waals surface area (Å²) < 4.78 is 7.47. The number of carbonyl (C=O) groups is 4. The predicted molar refractivity (Wildman–Crippen MR) is 39.3 cm³/mol. The molecule has 0 aliphatic carbocycles. The van der Waals surface area contributed by atoms with Gasteiger partial charge in [0.1, 0.15) is 6.42 Å². The molecule has 0 aliphatic heterocycles. The Hall–Kier alpha value is -1.14. The van der Waals surface area contributed by atoms with Crippen molar-refractivity contribution >= 4 is 46.0 Å². The van der Waals surface area contributed by atoms with Gasteiger partial charge in [-0.3, -0.25) is 9.59 Å². The predicted octanol–water partition coefficient (Wildman–Crippen LogP) is 1.18. The maximum Gasteiger partial charge on any atom is 0.411 e. The Bertz CT molecular complexity index is 234. The summed E-state index contributed by atoms with van der Waals surface area (Å²) in [5, 5.41) is 0. The van der Waals surface area contributed by atoms with Gasteiger partial charge in [-0.2, -0.15) is 0 Å². The number of esters is 2. The lowest BCUT2D eigenvalue weighted by molar-refractivity contribution is -0.146. The van der Waals surface area contributed by atoms with Crippen LogP contribution < -0.4 is 0 Å². The van der Waals surface area contributed by atoms with Crippen molar-refractivity contribution in [3.63, 3.8) is 0 Å². The molecule has 0 N–H and O–H groups in total. The molecule has 0 aliphatic rings. The van der Waals surface area contributed by atoms with E-state index in [1.165, 1.54) is 0 Å². The maximum atomic E-state index is 10.5. The largest absolute Gasteiger partial charge is 0.411 e. The van der Waals surface area contributed by atoms with Gasteiger partial charge in [-0.25, -0.2) is 9.59 Å². The molecule has 0 fully saturated rings. The fraction of sp³-hybridized carbons (Fsp3) is 0.200. The summed E-state index contributed by atoms with van der Waals surface area (Å²) in [5.41, 5.74) is -2.76. The fourth-order valence-electron chi connectivity index (χ4n) is 0.369. The van der Waals surface area contributed by atoms with Crippen LogP contribution in [-0.2, 0) is 19.1 Å². The number of ether oxygens (including phenoxy) is 2. The molecule has 0 amide bonds. The number of carbonyl (C=O) groups excluding carboxylic acids is 4. The van der Waals surface area contributed by atoms with E-state index in [9.17, 15) is 19.2 Å². The molecule has 13 heavy (non-hydrogen) atoms. The number of halogens is 2. The van der Waals surface area contributed by atoms with Crippen LogP contribution in [0.2, 0.25) is 0 Å². The molecule has 0 bridgehead atoms. The summed E-state index contributed by atoms with van der Waals surface area (Å²) in [5.74, 6) is -2.47. The van der Waals surface area contributed by atoms with Crippen molar-refractivity contribution in [1.29, 1.82) is 0 Å². The standard InChI is InChI=1S/C5H2Cl2O6/c6-4(10)12-2(8)1-3(9)13-5(7)11/h1H2. The van der Waals surface area contributed by atoms with Crippen LogP contribution in [0.3, 0.4) is 0 Å². The van der Waals surface area contributed by atoms with Gasteiger partial charge in [-0.1, -0.05) is 0 Å². The minimum atomic E-state index is -1.38. The molecule has 0 saturated heterocycles. The van der Waals surface area contributed by atoms with Crippen LogP contribution in [0.4, 0.5) is 9.59 Å². The summed E-state index contributed by atoms with van der Waals surface area (Å²) >= 11 is 9.27. The van der Waals surface area contributed by atoms with Gasteiger partial charge in [0.2, 0.25) is 0 Å². The van der Waals surface area contributed by atoms with Gasteiger partial charge in [-0.05, 0) is 0 Å². The zero-order valence-corrected chi connectivity index (χ0v) is 7.42. The Morgan fingerprint density at radius 3 is 1.38 bits per heavy atom. The molecule has 0 radical (unpaired) electrons. The first-order valence-corrected chi connectivity index (χ1v) is 3.47. The van der Waals surface area contributed by atoms with Crippen LogP contribution in [-0.4, -0.2) is 22.8 Å². The molecule has 0 unspecified atom stereocenters. The van der Waals surface area contributed by atoms with E-state index >= 15 is 0 Å². The van der Waals surface area contributed by atoms with Crippen LogP contribution in [0.5, 0.6) is 0 Å². The first-order valence-electron chi connectivity index (χ1n) is 2.72. The molecule has 0 saturated carbocycles. The van der Waals surface area contributed by atoms with Gasteiger partial charge in [0, 0.05) is 23.2 Å². The lowest BCUT2D eigenvalue weighted by atomic mass is 10.4. The highest BCUT2D eigenvalue weighted by Crippen LogP contribution is 1.96. The Morgan fingerprint density at radius 2 is 1.15 bits per heavy atom. The van der Waals surface area contributed by atoms with Crippen LogP contribution >= 0.6 is 23.2 Å². The average molecular weight is 229 g/mol. The van der Waals surface area contributed by atoms with Crippen molar-refractivity contribution < 1.29 is 28.7 Å². The molecule has 8 heteroatoms. The van der Waals surface area contributed by atoms with E-state index in [-0.39, 0.29) is 0 Å². The number of rotatable bonds is 2. The second-order valence-corrected chi connectivity index (χ2v) is 2.22. The molecule has 0 spiro atoms. The van der Waals surface area contributed by atoms with E-state index < -0.39 is 29.2 Å². The summed E-state index contributed by atoms with van der Waals surface area (Å²) in [6, 6.07) is 0. The van der Waals surface area contributed by atoms with Gasteiger partial charge < -0.3 is 9.47 Å². The normalized spacial score (nSPS) is 8.77. The van der Waals surface area contributed by atoms with E-state index in [2.05, 4.69) is 32.7 Å². The Kier molecular flexibility index (Phi) is 5.01. The van der Waals surface area contributed by atoms with Gasteiger partial charge >= 0.3 is 22.8 Å². The molecule has 6 nitrogen and oxygen atoms in total. The van der Waals surface area contributed by atoms with Gasteiger partial charge in [0.25, 0.3) is 0 Å². The van der Waals surface area contributed by atoms with E-state index in [1.54, 1.807) is 0 Å². The molecule has 0 rings (SSSR count). The second-order valence-electron chi connectivity index (χ2n) is 1.60. The number of hydrogen-bond donors (Lipinski definition) is 0. The second kappa shape index (κ2) is 5.50. The summed E-state index contributed by atoms with van der Waals surface area (Å²) in [7, 11) is 0. The van der Waals surface area contributed by atoms with Crippen LogP contribution in [0.1, 0.15) is 6.42 Å². The average Bonchev–Trinajstić information content (AvgIpc) is 1.80. The van der Waals surface area contributed by atoms with Crippen LogP contribution in [0.25, 0.3) is 0 Å². The van der Waals surface area contributed by atoms with Crippen molar-refractivity contribution in [3.8, 4) is 0 Å². The van der Waals surface area contributed by atoms with E-state index in [4.69, 9.17) is 0 Å². The maximum absolute atomic E-state index is 10.5. The fourth-order valence-corrected chi connectivity index (χ4v) is 0.541. The van der Waals surface area contributed by atoms with E-state index in [1.807, 2.05) is 0 Å². The molecular weight excluding hydrogens is 227 g/mol. The third-order valence-electron chi connectivity index (χ3n) is 0.677. The highest BCUT2D eigenvalue weighted by molar-refractivity contribution is 6.62. The van der Waals surface area contributed by atoms with Crippen LogP contribution in [0.15, 0.2) is 0 Å². The molecule has 0 aromatic heterocycles. The lowest BCUT2D eigenvalue weighted by Crippen LogP contribution is -2.15. The van der Waals surface area contributed by atoms with Crippen molar-refractivity contribution in [2.75, 3.05) is 0 Å².